The molecule has 0 saturated heterocycles. The van der Waals surface area contributed by atoms with E-state index < -0.39 is 0 Å². The molecule has 3 aromatic rings. The lowest BCUT2D eigenvalue weighted by molar-refractivity contribution is 0.549. The lowest BCUT2D eigenvalue weighted by atomic mass is 10.3. The number of rotatable bonds is 2. The van der Waals surface area contributed by atoms with Crippen LogP contribution in [0.5, 0.6) is 0 Å². The van der Waals surface area contributed by atoms with Crippen LogP contribution in [0.4, 0.5) is 5.95 Å². The van der Waals surface area contributed by atoms with Gasteiger partial charge in [0.25, 0.3) is 0 Å². The molecule has 0 radical (unpaired) electrons. The van der Waals surface area contributed by atoms with Crippen molar-refractivity contribution in [3.63, 3.8) is 0 Å². The summed E-state index contributed by atoms with van der Waals surface area (Å²) in [4.78, 5) is 6.59. The van der Waals surface area contributed by atoms with Crippen molar-refractivity contribution in [1.29, 1.82) is 0 Å². The molecular weight excluding hydrogens is 284 g/mol. The Bertz CT molecular complexity index is 815. The first kappa shape index (κ1) is 12.3. The monoisotopic (exact) mass is 298 g/mol. The van der Waals surface area contributed by atoms with Gasteiger partial charge in [0.15, 0.2) is 0 Å². The molecule has 0 atom stereocenters. The Morgan fingerprint density at radius 2 is 2.00 bits per heavy atom. The van der Waals surface area contributed by atoms with Crippen LogP contribution in [0.3, 0.4) is 0 Å². The van der Waals surface area contributed by atoms with Crippen LogP contribution in [-0.2, 0) is 13.1 Å². The minimum atomic E-state index is 0.602. The molecule has 2 aromatic heterocycles. The number of aromatic amines is 1. The van der Waals surface area contributed by atoms with E-state index in [0.29, 0.717) is 4.77 Å². The molecule has 21 heavy (non-hydrogen) atoms. The van der Waals surface area contributed by atoms with Crippen LogP contribution in [-0.4, -0.2) is 30.9 Å². The minimum absolute atomic E-state index is 0.602. The summed E-state index contributed by atoms with van der Waals surface area (Å²) in [5, 5.41) is 7.31. The molecule has 106 valence electrons. The van der Waals surface area contributed by atoms with Gasteiger partial charge >= 0.3 is 0 Å². The van der Waals surface area contributed by atoms with E-state index >= 15 is 0 Å². The number of nitrogens with one attached hydrogen (secondary N) is 1. The highest BCUT2D eigenvalue weighted by molar-refractivity contribution is 7.71. The molecule has 0 saturated carbocycles. The van der Waals surface area contributed by atoms with Crippen molar-refractivity contribution in [2.45, 2.75) is 13.1 Å². The fraction of sp³-hybridized carbons (Fsp3) is 0.214. The molecule has 3 heterocycles. The van der Waals surface area contributed by atoms with E-state index in [0.717, 1.165) is 37.1 Å². The van der Waals surface area contributed by atoms with Crippen LogP contribution in [0.2, 0.25) is 0 Å². The standard InChI is InChI=1S/C14H14N6S/c21-14-17-16-13(20(14)11-4-2-1-3-5-11)19-9-8-18-7-6-15-12(18)10-19/h1-7H,8-10H2,(H,17,21). The molecule has 6 nitrogen and oxygen atoms in total. The first-order valence-corrected chi connectivity index (χ1v) is 7.21. The third kappa shape index (κ3) is 2.06. The molecule has 1 N–H and O–H groups in total. The second-order valence-corrected chi connectivity index (χ2v) is 5.34. The van der Waals surface area contributed by atoms with Gasteiger partial charge in [-0.15, -0.1) is 5.10 Å². The maximum atomic E-state index is 5.38. The van der Waals surface area contributed by atoms with E-state index in [-0.39, 0.29) is 0 Å². The highest BCUT2D eigenvalue weighted by Crippen LogP contribution is 2.22. The quantitative estimate of drug-likeness (QED) is 0.737. The number of fused-ring (bicyclic) bond motifs is 1. The summed E-state index contributed by atoms with van der Waals surface area (Å²) in [5.74, 6) is 1.88. The van der Waals surface area contributed by atoms with E-state index in [2.05, 4.69) is 24.6 Å². The summed E-state index contributed by atoms with van der Waals surface area (Å²) in [6, 6.07) is 10.0. The second-order valence-electron chi connectivity index (χ2n) is 4.96. The maximum Gasteiger partial charge on any atom is 0.230 e. The van der Waals surface area contributed by atoms with Gasteiger partial charge in [0.1, 0.15) is 5.82 Å². The van der Waals surface area contributed by atoms with Gasteiger partial charge in [-0.3, -0.25) is 4.57 Å². The van der Waals surface area contributed by atoms with Crippen molar-refractivity contribution < 1.29 is 0 Å². The summed E-state index contributed by atoms with van der Waals surface area (Å²) < 4.78 is 4.74. The van der Waals surface area contributed by atoms with Crippen LogP contribution in [0.25, 0.3) is 5.69 Å². The van der Waals surface area contributed by atoms with Crippen molar-refractivity contribution in [1.82, 2.24) is 24.3 Å². The molecule has 4 rings (SSSR count). The Hall–Kier alpha value is -2.41. The van der Waals surface area contributed by atoms with Crippen LogP contribution >= 0.6 is 12.2 Å². The predicted octanol–water partition coefficient (Wildman–Crippen LogP) is 2.15. The van der Waals surface area contributed by atoms with Gasteiger partial charge in [-0.2, -0.15) is 0 Å². The Labute approximate surface area is 126 Å². The molecular formula is C14H14N6S. The normalized spacial score (nSPS) is 14.2. The number of hydrogen-bond donors (Lipinski definition) is 1. The smallest absolute Gasteiger partial charge is 0.230 e. The first-order valence-electron chi connectivity index (χ1n) is 6.81. The number of aromatic nitrogens is 5. The Balaban J connectivity index is 1.76. The topological polar surface area (TPSA) is 54.7 Å². The van der Waals surface area contributed by atoms with Crippen molar-refractivity contribution in [3.05, 3.63) is 53.3 Å². The van der Waals surface area contributed by atoms with Crippen LogP contribution in [0.1, 0.15) is 5.82 Å². The van der Waals surface area contributed by atoms with Crippen molar-refractivity contribution in [2.24, 2.45) is 0 Å². The van der Waals surface area contributed by atoms with Crippen molar-refractivity contribution >= 4 is 18.2 Å². The van der Waals surface area contributed by atoms with E-state index in [1.54, 1.807) is 0 Å². The van der Waals surface area contributed by atoms with Crippen molar-refractivity contribution in [2.75, 3.05) is 11.4 Å². The molecule has 1 aliphatic rings. The summed E-state index contributed by atoms with van der Waals surface area (Å²) in [6.45, 7) is 2.53. The zero-order valence-electron chi connectivity index (χ0n) is 11.3. The number of imidazole rings is 1. The highest BCUT2D eigenvalue weighted by atomic mass is 32.1. The summed E-state index contributed by atoms with van der Waals surface area (Å²) in [7, 11) is 0. The van der Waals surface area contributed by atoms with Crippen molar-refractivity contribution in [3.8, 4) is 5.69 Å². The van der Waals surface area contributed by atoms with Gasteiger partial charge < -0.3 is 9.47 Å². The van der Waals surface area contributed by atoms with Gasteiger partial charge in [0.2, 0.25) is 10.7 Å². The van der Waals surface area contributed by atoms with E-state index in [4.69, 9.17) is 12.2 Å². The highest BCUT2D eigenvalue weighted by Gasteiger charge is 2.21. The fourth-order valence-electron chi connectivity index (χ4n) is 2.65. The molecule has 0 spiro atoms. The van der Waals surface area contributed by atoms with E-state index in [1.807, 2.05) is 47.3 Å². The molecule has 7 heteroatoms. The Morgan fingerprint density at radius 3 is 2.86 bits per heavy atom. The van der Waals surface area contributed by atoms with Gasteiger partial charge in [-0.25, -0.2) is 10.1 Å². The third-order valence-corrected chi connectivity index (χ3v) is 3.97. The summed E-state index contributed by atoms with van der Waals surface area (Å²) in [5.41, 5.74) is 1.01. The molecule has 1 aromatic carbocycles. The average molecular weight is 298 g/mol. The van der Waals surface area contributed by atoms with Gasteiger partial charge in [-0.1, -0.05) is 18.2 Å². The number of hydrogen-bond acceptors (Lipinski definition) is 4. The molecule has 1 aliphatic heterocycles. The molecule has 0 amide bonds. The zero-order valence-corrected chi connectivity index (χ0v) is 12.1. The predicted molar refractivity (Wildman–Crippen MR) is 82.0 cm³/mol. The van der Waals surface area contributed by atoms with Crippen LogP contribution in [0, 0.1) is 4.77 Å². The summed E-state index contributed by atoms with van der Waals surface area (Å²) >= 11 is 5.38. The minimum Gasteiger partial charge on any atom is -0.332 e. The van der Waals surface area contributed by atoms with Crippen LogP contribution < -0.4 is 4.90 Å². The zero-order chi connectivity index (χ0) is 14.2. The maximum absolute atomic E-state index is 5.38. The summed E-state index contributed by atoms with van der Waals surface area (Å²) in [6.07, 6.45) is 3.86. The lowest BCUT2D eigenvalue weighted by Gasteiger charge is -2.28. The Morgan fingerprint density at radius 1 is 1.14 bits per heavy atom. The fourth-order valence-corrected chi connectivity index (χ4v) is 2.89. The molecule has 0 unspecified atom stereocenters. The number of benzene rings is 1. The number of H-pyrrole nitrogens is 1. The Kier molecular flexibility index (Phi) is 2.85. The largest absolute Gasteiger partial charge is 0.332 e. The number of nitrogens with zero attached hydrogens (tertiary/aromatic N) is 5. The third-order valence-electron chi connectivity index (χ3n) is 3.70. The van der Waals surface area contributed by atoms with Crippen LogP contribution in [0.15, 0.2) is 42.7 Å². The lowest BCUT2D eigenvalue weighted by Crippen LogP contribution is -2.35. The molecule has 0 bridgehead atoms. The van der Waals surface area contributed by atoms with Gasteiger partial charge in [0, 0.05) is 25.5 Å². The number of anilines is 1. The van der Waals surface area contributed by atoms with E-state index in [1.165, 1.54) is 0 Å². The van der Waals surface area contributed by atoms with Gasteiger partial charge in [0.05, 0.1) is 12.2 Å². The average Bonchev–Trinajstić information content (AvgIpc) is 3.13. The second kappa shape index (κ2) is 4.85. The molecule has 0 aliphatic carbocycles. The van der Waals surface area contributed by atoms with Gasteiger partial charge in [-0.05, 0) is 24.4 Å². The SMILES string of the molecule is S=c1[nH]nc(N2CCn3ccnc3C2)n1-c1ccccc1. The first-order chi connectivity index (χ1) is 10.3. The number of para-hydroxylation sites is 1. The molecule has 0 fully saturated rings. The van der Waals surface area contributed by atoms with E-state index in [9.17, 15) is 0 Å².